The van der Waals surface area contributed by atoms with Crippen molar-refractivity contribution in [2.24, 2.45) is 0 Å². The van der Waals surface area contributed by atoms with Crippen molar-refractivity contribution in [1.29, 1.82) is 0 Å². The molecule has 1 aliphatic carbocycles. The van der Waals surface area contributed by atoms with Crippen LogP contribution in [0.5, 0.6) is 5.75 Å². The van der Waals surface area contributed by atoms with Crippen molar-refractivity contribution in [3.8, 4) is 5.75 Å². The van der Waals surface area contributed by atoms with Crippen molar-refractivity contribution < 1.29 is 9.84 Å². The average molecular weight is 288 g/mol. The van der Waals surface area contributed by atoms with E-state index in [1.165, 1.54) is 23.3 Å². The minimum absolute atomic E-state index is 0.146. The lowest BCUT2D eigenvalue weighted by Crippen LogP contribution is -2.06. The van der Waals surface area contributed by atoms with Gasteiger partial charge in [0.1, 0.15) is 11.9 Å². The molecule has 3 rings (SSSR count). The first-order valence-corrected chi connectivity index (χ1v) is 8.01. The topological polar surface area (TPSA) is 29.5 Å². The molecular weight excluding hydrogens is 268 g/mol. The van der Waals surface area contributed by atoms with Gasteiger partial charge in [-0.2, -0.15) is 0 Å². The Balaban J connectivity index is 1.83. The molecule has 0 saturated heterocycles. The molecule has 1 N–H and O–H groups in total. The molecule has 1 atom stereocenters. The predicted octanol–water partition coefficient (Wildman–Crippen LogP) is 4.11. The van der Waals surface area contributed by atoms with Gasteiger partial charge in [0.05, 0.1) is 6.10 Å². The first kappa shape index (κ1) is 13.7. The van der Waals surface area contributed by atoms with E-state index in [1.54, 1.807) is 11.3 Å². The molecule has 1 unspecified atom stereocenters. The molecule has 1 heterocycles. The Morgan fingerprint density at radius 1 is 1.20 bits per heavy atom. The van der Waals surface area contributed by atoms with E-state index in [9.17, 15) is 5.11 Å². The highest BCUT2D eigenvalue weighted by Crippen LogP contribution is 2.36. The lowest BCUT2D eigenvalue weighted by atomic mass is 10.1. The van der Waals surface area contributed by atoms with E-state index in [2.05, 4.69) is 6.07 Å². The van der Waals surface area contributed by atoms with Gasteiger partial charge in [0, 0.05) is 9.75 Å². The van der Waals surface area contributed by atoms with Crippen molar-refractivity contribution >= 4 is 11.3 Å². The van der Waals surface area contributed by atoms with E-state index in [0.717, 1.165) is 22.6 Å². The molecule has 0 saturated carbocycles. The second-order valence-corrected chi connectivity index (χ2v) is 6.76. The van der Waals surface area contributed by atoms with Crippen LogP contribution in [0.2, 0.25) is 0 Å². The Kier molecular flexibility index (Phi) is 3.81. The molecule has 0 radical (unpaired) electrons. The summed E-state index contributed by atoms with van der Waals surface area (Å²) >= 11 is 1.75. The Labute approximate surface area is 124 Å². The fourth-order valence-corrected chi connectivity index (χ4v) is 3.95. The van der Waals surface area contributed by atoms with Crippen LogP contribution >= 0.6 is 11.3 Å². The summed E-state index contributed by atoms with van der Waals surface area (Å²) in [7, 11) is 0. The molecule has 1 aliphatic rings. The average Bonchev–Trinajstić information content (AvgIpc) is 2.98. The van der Waals surface area contributed by atoms with Crippen molar-refractivity contribution in [3.63, 3.8) is 0 Å². The van der Waals surface area contributed by atoms with Gasteiger partial charge in [-0.05, 0) is 62.4 Å². The molecule has 0 amide bonds. The van der Waals surface area contributed by atoms with Crippen molar-refractivity contribution in [2.45, 2.75) is 45.3 Å². The Morgan fingerprint density at radius 3 is 2.80 bits per heavy atom. The highest BCUT2D eigenvalue weighted by molar-refractivity contribution is 7.12. The highest BCUT2D eigenvalue weighted by Gasteiger charge is 2.20. The number of benzene rings is 1. The Morgan fingerprint density at radius 2 is 2.05 bits per heavy atom. The van der Waals surface area contributed by atoms with Crippen LogP contribution in [0.25, 0.3) is 0 Å². The number of fused-ring (bicyclic) bond motifs is 1. The van der Waals surface area contributed by atoms with E-state index >= 15 is 0 Å². The van der Waals surface area contributed by atoms with Gasteiger partial charge in [-0.25, -0.2) is 0 Å². The normalized spacial score (nSPS) is 15.4. The standard InChI is InChI=1S/C17H20O2S/c1-11(2)19-14-7-3-6-13(9-14)17(18)16-10-12-5-4-8-15(12)20-16/h3,6-7,9-11,17-18H,4-5,8H2,1-2H3. The van der Waals surface area contributed by atoms with Crippen LogP contribution in [0.3, 0.4) is 0 Å². The zero-order chi connectivity index (χ0) is 14.1. The van der Waals surface area contributed by atoms with Gasteiger partial charge in [0.2, 0.25) is 0 Å². The molecule has 1 aromatic heterocycles. The summed E-state index contributed by atoms with van der Waals surface area (Å²) in [6.45, 7) is 4.01. The maximum atomic E-state index is 10.6. The van der Waals surface area contributed by atoms with Gasteiger partial charge < -0.3 is 9.84 Å². The number of hydrogen-bond acceptors (Lipinski definition) is 3. The minimum Gasteiger partial charge on any atom is -0.491 e. The summed E-state index contributed by atoms with van der Waals surface area (Å²) in [6.07, 6.45) is 3.20. The SMILES string of the molecule is CC(C)Oc1cccc(C(O)c2cc3c(s2)CCC3)c1. The number of thiophene rings is 1. The van der Waals surface area contributed by atoms with Crippen LogP contribution in [0.1, 0.15) is 47.3 Å². The number of aryl methyl sites for hydroxylation is 2. The molecule has 2 nitrogen and oxygen atoms in total. The first-order valence-electron chi connectivity index (χ1n) is 7.19. The number of aliphatic hydroxyl groups excluding tert-OH is 1. The summed E-state index contributed by atoms with van der Waals surface area (Å²) in [5.41, 5.74) is 2.33. The Bertz CT molecular complexity index is 579. The number of rotatable bonds is 4. The summed E-state index contributed by atoms with van der Waals surface area (Å²) in [5, 5.41) is 10.6. The van der Waals surface area contributed by atoms with Gasteiger partial charge in [0.15, 0.2) is 0 Å². The summed E-state index contributed by atoms with van der Waals surface area (Å²) in [6, 6.07) is 9.95. The second kappa shape index (κ2) is 5.58. The molecule has 1 aromatic carbocycles. The third-order valence-corrected chi connectivity index (χ3v) is 4.87. The van der Waals surface area contributed by atoms with Crippen molar-refractivity contribution in [2.75, 3.05) is 0 Å². The smallest absolute Gasteiger partial charge is 0.120 e. The van der Waals surface area contributed by atoms with Gasteiger partial charge in [-0.1, -0.05) is 12.1 Å². The molecule has 0 spiro atoms. The predicted molar refractivity (Wildman–Crippen MR) is 82.6 cm³/mol. The molecule has 0 fully saturated rings. The van der Waals surface area contributed by atoms with Gasteiger partial charge in [-0.15, -0.1) is 11.3 Å². The maximum Gasteiger partial charge on any atom is 0.120 e. The van der Waals surface area contributed by atoms with E-state index in [0.29, 0.717) is 0 Å². The second-order valence-electron chi connectivity index (χ2n) is 5.59. The van der Waals surface area contributed by atoms with Crippen LogP contribution in [0, 0.1) is 0 Å². The third kappa shape index (κ3) is 2.74. The summed E-state index contributed by atoms with van der Waals surface area (Å²) in [5.74, 6) is 0.820. The van der Waals surface area contributed by atoms with E-state index in [-0.39, 0.29) is 6.10 Å². The lowest BCUT2D eigenvalue weighted by Gasteiger charge is -2.13. The quantitative estimate of drug-likeness (QED) is 0.917. The summed E-state index contributed by atoms with van der Waals surface area (Å²) < 4.78 is 5.69. The Hall–Kier alpha value is -1.32. The molecule has 106 valence electrons. The molecule has 0 bridgehead atoms. The number of hydrogen-bond donors (Lipinski definition) is 1. The van der Waals surface area contributed by atoms with E-state index in [1.807, 2.05) is 38.1 Å². The van der Waals surface area contributed by atoms with Crippen LogP contribution in [0.15, 0.2) is 30.3 Å². The fraction of sp³-hybridized carbons (Fsp3) is 0.412. The van der Waals surface area contributed by atoms with Crippen LogP contribution in [0.4, 0.5) is 0 Å². The molecule has 0 aliphatic heterocycles. The molecular formula is C17H20O2S. The number of aliphatic hydroxyl groups is 1. The molecule has 20 heavy (non-hydrogen) atoms. The molecule has 3 heteroatoms. The van der Waals surface area contributed by atoms with Gasteiger partial charge in [0.25, 0.3) is 0 Å². The first-order chi connectivity index (χ1) is 9.63. The zero-order valence-corrected chi connectivity index (χ0v) is 12.7. The maximum absolute atomic E-state index is 10.6. The lowest BCUT2D eigenvalue weighted by molar-refractivity contribution is 0.219. The van der Waals surface area contributed by atoms with Crippen molar-refractivity contribution in [3.05, 3.63) is 51.2 Å². The fourth-order valence-electron chi connectivity index (χ4n) is 2.68. The largest absolute Gasteiger partial charge is 0.491 e. The van der Waals surface area contributed by atoms with Gasteiger partial charge >= 0.3 is 0 Å². The van der Waals surface area contributed by atoms with Gasteiger partial charge in [-0.3, -0.25) is 0 Å². The van der Waals surface area contributed by atoms with Crippen LogP contribution in [-0.4, -0.2) is 11.2 Å². The van der Waals surface area contributed by atoms with E-state index < -0.39 is 6.10 Å². The zero-order valence-electron chi connectivity index (χ0n) is 11.9. The number of ether oxygens (including phenoxy) is 1. The van der Waals surface area contributed by atoms with Crippen LogP contribution < -0.4 is 4.74 Å². The molecule has 2 aromatic rings. The van der Waals surface area contributed by atoms with Crippen molar-refractivity contribution in [1.82, 2.24) is 0 Å². The van der Waals surface area contributed by atoms with E-state index in [4.69, 9.17) is 4.74 Å². The minimum atomic E-state index is -0.540. The monoisotopic (exact) mass is 288 g/mol. The van der Waals surface area contributed by atoms with Crippen LogP contribution in [-0.2, 0) is 12.8 Å². The highest BCUT2D eigenvalue weighted by atomic mass is 32.1. The summed E-state index contributed by atoms with van der Waals surface area (Å²) in [4.78, 5) is 2.50. The third-order valence-electron chi connectivity index (χ3n) is 3.58.